The largest absolute Gasteiger partial charge is 0.365 e. The number of halogens is 1. The fourth-order valence-corrected chi connectivity index (χ4v) is 4.78. The number of hydrogen-bond donors (Lipinski definition) is 1. The number of rotatable bonds is 8. The number of hydrogen-bond acceptors (Lipinski definition) is 8. The topological polar surface area (TPSA) is 73.6 Å². The second kappa shape index (κ2) is 10.8. The molecule has 1 aliphatic rings. The first kappa shape index (κ1) is 25.1. The number of nitrogens with zero attached hydrogens (tertiary/aromatic N) is 6. The first-order chi connectivity index (χ1) is 17.9. The highest BCUT2D eigenvalue weighted by molar-refractivity contribution is 5.94. The Bertz CT molecular complexity index is 1360. The maximum atomic E-state index is 14.4. The highest BCUT2D eigenvalue weighted by Gasteiger charge is 2.21. The first-order valence-electron chi connectivity index (χ1n) is 12.7. The Balaban J connectivity index is 1.47. The Labute approximate surface area is 217 Å². The van der Waals surface area contributed by atoms with E-state index < -0.39 is 0 Å². The molecule has 0 radical (unpaired) electrons. The number of fused-ring (bicyclic) bond motifs is 1. The summed E-state index contributed by atoms with van der Waals surface area (Å²) in [5.74, 6) is 1.91. The number of nitrogens with one attached hydrogen (secondary N) is 1. The van der Waals surface area contributed by atoms with Gasteiger partial charge in [0.1, 0.15) is 17.4 Å². The van der Waals surface area contributed by atoms with Crippen molar-refractivity contribution in [1.29, 1.82) is 0 Å². The lowest BCUT2D eigenvalue weighted by atomic mass is 10.0. The van der Waals surface area contributed by atoms with E-state index in [9.17, 15) is 4.39 Å². The molecule has 1 N–H and O–H groups in total. The molecular weight excluding hydrogens is 469 g/mol. The second-order valence-electron chi connectivity index (χ2n) is 9.88. The second-order valence-corrected chi connectivity index (χ2v) is 9.88. The van der Waals surface area contributed by atoms with Crippen LogP contribution in [0.15, 0.2) is 47.0 Å². The van der Waals surface area contributed by atoms with Crippen molar-refractivity contribution in [1.82, 2.24) is 24.9 Å². The van der Waals surface area contributed by atoms with Gasteiger partial charge in [-0.25, -0.2) is 9.37 Å². The van der Waals surface area contributed by atoms with Crippen LogP contribution in [0.3, 0.4) is 0 Å². The molecule has 0 unspecified atom stereocenters. The molecule has 0 saturated carbocycles. The van der Waals surface area contributed by atoms with Gasteiger partial charge in [-0.05, 0) is 51.7 Å². The monoisotopic (exact) mass is 503 g/mol. The fraction of sp³-hybridized carbons (Fsp3) is 0.393. The zero-order valence-electron chi connectivity index (χ0n) is 22.0. The zero-order chi connectivity index (χ0) is 25.9. The summed E-state index contributed by atoms with van der Waals surface area (Å²) in [5.41, 5.74) is 4.23. The van der Waals surface area contributed by atoms with E-state index >= 15 is 0 Å². The zero-order valence-corrected chi connectivity index (χ0v) is 22.0. The molecule has 0 amide bonds. The molecular formula is C28H34FN7O. The van der Waals surface area contributed by atoms with Crippen LogP contribution in [0, 0.1) is 19.7 Å². The number of piperazine rings is 1. The van der Waals surface area contributed by atoms with Gasteiger partial charge in [0.25, 0.3) is 0 Å². The number of aryl methyl sites for hydroxylation is 2. The van der Waals surface area contributed by atoms with Crippen LogP contribution in [0.5, 0.6) is 0 Å². The van der Waals surface area contributed by atoms with Gasteiger partial charge in [-0.2, -0.15) is 4.98 Å². The molecule has 37 heavy (non-hydrogen) atoms. The van der Waals surface area contributed by atoms with Crippen molar-refractivity contribution in [2.45, 2.75) is 20.4 Å². The molecule has 9 heteroatoms. The lowest BCUT2D eigenvalue weighted by Crippen LogP contribution is -2.48. The maximum absolute atomic E-state index is 14.4. The van der Waals surface area contributed by atoms with E-state index in [-0.39, 0.29) is 5.82 Å². The summed E-state index contributed by atoms with van der Waals surface area (Å²) >= 11 is 0. The van der Waals surface area contributed by atoms with Gasteiger partial charge < -0.3 is 19.6 Å². The van der Waals surface area contributed by atoms with Crippen LogP contribution >= 0.6 is 0 Å². The maximum Gasteiger partial charge on any atom is 0.227 e. The minimum Gasteiger partial charge on any atom is -0.365 e. The average Bonchev–Trinajstić information content (AvgIpc) is 3.24. The van der Waals surface area contributed by atoms with Crippen molar-refractivity contribution < 1.29 is 8.91 Å². The van der Waals surface area contributed by atoms with Crippen molar-refractivity contribution in [2.75, 3.05) is 63.6 Å². The summed E-state index contributed by atoms with van der Waals surface area (Å²) < 4.78 is 19.8. The molecule has 0 spiro atoms. The third-order valence-electron chi connectivity index (χ3n) is 6.93. The Hall–Kier alpha value is -3.56. The van der Waals surface area contributed by atoms with Crippen LogP contribution in [-0.4, -0.2) is 78.3 Å². The molecule has 1 saturated heterocycles. The van der Waals surface area contributed by atoms with Crippen molar-refractivity contribution in [2.24, 2.45) is 0 Å². The van der Waals surface area contributed by atoms with Crippen molar-refractivity contribution >= 4 is 22.7 Å². The first-order valence-corrected chi connectivity index (χ1v) is 12.7. The van der Waals surface area contributed by atoms with Crippen LogP contribution in [0.4, 0.5) is 16.2 Å². The summed E-state index contributed by atoms with van der Waals surface area (Å²) in [6.45, 7) is 9.94. The normalized spacial score (nSPS) is 14.6. The van der Waals surface area contributed by atoms with Crippen LogP contribution < -0.4 is 10.2 Å². The van der Waals surface area contributed by atoms with Crippen LogP contribution in [-0.2, 0) is 6.54 Å². The number of anilines is 2. The van der Waals surface area contributed by atoms with Gasteiger partial charge in [-0.3, -0.25) is 4.90 Å². The molecule has 5 rings (SSSR count). The Kier molecular flexibility index (Phi) is 7.34. The van der Waals surface area contributed by atoms with E-state index in [4.69, 9.17) is 14.5 Å². The summed E-state index contributed by atoms with van der Waals surface area (Å²) in [6, 6.07) is 12.9. The minimum absolute atomic E-state index is 0.237. The third kappa shape index (κ3) is 5.57. The number of aromatic nitrogens is 3. The van der Waals surface area contributed by atoms with Gasteiger partial charge in [0, 0.05) is 62.3 Å². The molecule has 2 aromatic heterocycles. The third-order valence-corrected chi connectivity index (χ3v) is 6.93. The SMILES string of the molecule is Cc1noc(C)c1-c1ccc2nc(N3CCN(CCN(C)C)CC3)nc(NCc3ccccc3F)c2c1. The van der Waals surface area contributed by atoms with E-state index in [1.807, 2.05) is 32.0 Å². The molecule has 0 aliphatic carbocycles. The molecule has 2 aromatic carbocycles. The van der Waals surface area contributed by atoms with Gasteiger partial charge in [-0.15, -0.1) is 0 Å². The highest BCUT2D eigenvalue weighted by atomic mass is 19.1. The molecule has 194 valence electrons. The predicted molar refractivity (Wildman–Crippen MR) is 145 cm³/mol. The van der Waals surface area contributed by atoms with E-state index in [2.05, 4.69) is 45.3 Å². The lowest BCUT2D eigenvalue weighted by Gasteiger charge is -2.35. The van der Waals surface area contributed by atoms with Gasteiger partial charge in [-0.1, -0.05) is 29.4 Å². The van der Waals surface area contributed by atoms with Crippen molar-refractivity contribution in [3.8, 4) is 11.1 Å². The highest BCUT2D eigenvalue weighted by Crippen LogP contribution is 2.32. The number of benzene rings is 2. The van der Waals surface area contributed by atoms with E-state index in [1.54, 1.807) is 12.1 Å². The van der Waals surface area contributed by atoms with E-state index in [0.29, 0.717) is 23.9 Å². The van der Waals surface area contributed by atoms with Crippen molar-refractivity contribution in [3.63, 3.8) is 0 Å². The average molecular weight is 504 g/mol. The van der Waals surface area contributed by atoms with Crippen LogP contribution in [0.25, 0.3) is 22.0 Å². The molecule has 4 aromatic rings. The number of likely N-dealkylation sites (N-methyl/N-ethyl adjacent to an activating group) is 1. The van der Waals surface area contributed by atoms with E-state index in [1.165, 1.54) is 6.07 Å². The summed E-state index contributed by atoms with van der Waals surface area (Å²) in [5, 5.41) is 8.38. The van der Waals surface area contributed by atoms with Crippen LogP contribution in [0.2, 0.25) is 0 Å². The van der Waals surface area contributed by atoms with Gasteiger partial charge >= 0.3 is 0 Å². The molecule has 1 fully saturated rings. The molecule has 0 atom stereocenters. The Morgan fingerprint density at radius 2 is 1.81 bits per heavy atom. The van der Waals surface area contributed by atoms with Crippen LogP contribution in [0.1, 0.15) is 17.0 Å². The Morgan fingerprint density at radius 3 is 2.51 bits per heavy atom. The predicted octanol–water partition coefficient (Wildman–Crippen LogP) is 4.34. The molecule has 8 nitrogen and oxygen atoms in total. The van der Waals surface area contributed by atoms with Crippen molar-refractivity contribution in [3.05, 3.63) is 65.3 Å². The fourth-order valence-electron chi connectivity index (χ4n) is 4.78. The summed E-state index contributed by atoms with van der Waals surface area (Å²) in [4.78, 5) is 16.8. The minimum atomic E-state index is -0.237. The van der Waals surface area contributed by atoms with Gasteiger partial charge in [0.2, 0.25) is 5.95 Å². The molecule has 0 bridgehead atoms. The summed E-state index contributed by atoms with van der Waals surface area (Å²) in [6.07, 6.45) is 0. The van der Waals surface area contributed by atoms with Gasteiger partial charge in [0.05, 0.1) is 11.2 Å². The molecule has 3 heterocycles. The summed E-state index contributed by atoms with van der Waals surface area (Å²) in [7, 11) is 4.21. The smallest absolute Gasteiger partial charge is 0.227 e. The standard InChI is InChI=1S/C28H34FN7O/c1-19-26(20(2)37-33-19)21-9-10-25-23(17-21)27(30-18-22-7-5-6-8-24(22)29)32-28(31-25)36-15-13-35(14-16-36)12-11-34(3)4/h5-10,17H,11-16,18H2,1-4H3,(H,30,31,32). The van der Waals surface area contributed by atoms with Gasteiger partial charge in [0.15, 0.2) is 0 Å². The quantitative estimate of drug-likeness (QED) is 0.381. The van der Waals surface area contributed by atoms with E-state index in [0.717, 1.165) is 72.8 Å². The lowest BCUT2D eigenvalue weighted by molar-refractivity contribution is 0.229. The molecule has 1 aliphatic heterocycles. The Morgan fingerprint density at radius 1 is 1.03 bits per heavy atom.